The lowest BCUT2D eigenvalue weighted by molar-refractivity contribution is -0.123. The van der Waals surface area contributed by atoms with E-state index in [0.29, 0.717) is 36.0 Å². The van der Waals surface area contributed by atoms with Gasteiger partial charge in [-0.25, -0.2) is 9.37 Å². The maximum atomic E-state index is 13.3. The van der Waals surface area contributed by atoms with Crippen molar-refractivity contribution < 1.29 is 13.6 Å². The summed E-state index contributed by atoms with van der Waals surface area (Å²) in [6, 6.07) is 4.38. The lowest BCUT2D eigenvalue weighted by Crippen LogP contribution is -2.45. The minimum atomic E-state index is -0.303. The fraction of sp³-hybridized carbons (Fsp3) is 0.579. The topological polar surface area (TPSA) is 70.4 Å². The fourth-order valence-electron chi connectivity index (χ4n) is 3.95. The number of likely N-dealkylation sites (tertiary alicyclic amines) is 1. The second-order valence-electron chi connectivity index (χ2n) is 7.36. The Hall–Kier alpha value is -1.99. The molecule has 1 aromatic heterocycles. The van der Waals surface area contributed by atoms with Crippen LogP contribution in [0, 0.1) is 11.7 Å². The Labute approximate surface area is 152 Å². The van der Waals surface area contributed by atoms with Gasteiger partial charge in [-0.15, -0.1) is 0 Å². The molecule has 2 atom stereocenters. The highest BCUT2D eigenvalue weighted by Crippen LogP contribution is 2.21. The first kappa shape index (κ1) is 17.4. The van der Waals surface area contributed by atoms with Gasteiger partial charge in [-0.1, -0.05) is 0 Å². The molecular weight excluding hydrogens is 335 g/mol. The Bertz CT molecular complexity index is 772. The van der Waals surface area contributed by atoms with Crippen LogP contribution in [0.25, 0.3) is 11.1 Å². The van der Waals surface area contributed by atoms with Gasteiger partial charge in [-0.05, 0) is 56.8 Å². The van der Waals surface area contributed by atoms with E-state index in [9.17, 15) is 9.18 Å². The van der Waals surface area contributed by atoms with Crippen molar-refractivity contribution in [3.63, 3.8) is 0 Å². The van der Waals surface area contributed by atoms with Crippen LogP contribution in [0.2, 0.25) is 0 Å². The molecule has 7 heteroatoms. The number of halogens is 1. The minimum absolute atomic E-state index is 0.0187. The molecule has 1 aromatic carbocycles. The molecule has 2 N–H and O–H groups in total. The van der Waals surface area contributed by atoms with E-state index in [1.807, 2.05) is 0 Å². The van der Waals surface area contributed by atoms with Gasteiger partial charge in [0.25, 0.3) is 0 Å². The lowest BCUT2D eigenvalue weighted by Gasteiger charge is -2.32. The van der Waals surface area contributed by atoms with E-state index in [4.69, 9.17) is 4.42 Å². The van der Waals surface area contributed by atoms with Crippen molar-refractivity contribution >= 4 is 17.0 Å². The number of piperidine rings is 1. The second-order valence-corrected chi connectivity index (χ2v) is 7.36. The Morgan fingerprint density at radius 2 is 2.31 bits per heavy atom. The smallest absolute Gasteiger partial charge is 0.237 e. The van der Waals surface area contributed by atoms with Crippen LogP contribution in [-0.2, 0) is 11.3 Å². The monoisotopic (exact) mass is 360 g/mol. The third-order valence-electron chi connectivity index (χ3n) is 5.30. The van der Waals surface area contributed by atoms with Gasteiger partial charge in [-0.2, -0.15) is 0 Å². The number of carbonyl (C=O) groups is 1. The van der Waals surface area contributed by atoms with Crippen molar-refractivity contribution in [1.82, 2.24) is 20.5 Å². The van der Waals surface area contributed by atoms with Crippen molar-refractivity contribution in [2.75, 3.05) is 26.2 Å². The summed E-state index contributed by atoms with van der Waals surface area (Å²) >= 11 is 0. The minimum Gasteiger partial charge on any atom is -0.439 e. The zero-order valence-electron chi connectivity index (χ0n) is 14.8. The second kappa shape index (κ2) is 7.72. The third kappa shape index (κ3) is 4.04. The number of hydrogen-bond acceptors (Lipinski definition) is 5. The molecule has 2 fully saturated rings. The van der Waals surface area contributed by atoms with Gasteiger partial charge in [0.2, 0.25) is 11.8 Å². The van der Waals surface area contributed by atoms with Crippen molar-refractivity contribution in [3.8, 4) is 0 Å². The number of benzene rings is 1. The molecule has 1 amide bonds. The molecule has 140 valence electrons. The van der Waals surface area contributed by atoms with Crippen molar-refractivity contribution in [2.45, 2.75) is 38.3 Å². The first-order valence-corrected chi connectivity index (χ1v) is 9.46. The number of carbonyl (C=O) groups excluding carboxylic acids is 1. The van der Waals surface area contributed by atoms with Crippen LogP contribution < -0.4 is 10.6 Å². The van der Waals surface area contributed by atoms with Gasteiger partial charge >= 0.3 is 0 Å². The number of fused-ring (bicyclic) bond motifs is 1. The van der Waals surface area contributed by atoms with Crippen molar-refractivity contribution in [2.24, 2.45) is 5.92 Å². The molecule has 2 saturated heterocycles. The highest BCUT2D eigenvalue weighted by molar-refractivity contribution is 5.82. The van der Waals surface area contributed by atoms with Crippen LogP contribution in [0.3, 0.4) is 0 Å². The normalized spacial score (nSPS) is 24.2. The van der Waals surface area contributed by atoms with E-state index < -0.39 is 0 Å². The highest BCUT2D eigenvalue weighted by Gasteiger charge is 2.25. The van der Waals surface area contributed by atoms with Gasteiger partial charge in [-0.3, -0.25) is 9.69 Å². The van der Waals surface area contributed by atoms with Crippen LogP contribution >= 0.6 is 0 Å². The first-order valence-electron chi connectivity index (χ1n) is 9.46. The molecule has 0 aliphatic carbocycles. The predicted octanol–water partition coefficient (Wildman–Crippen LogP) is 2.05. The molecule has 3 heterocycles. The zero-order chi connectivity index (χ0) is 17.9. The Kier molecular flexibility index (Phi) is 5.17. The SMILES string of the molecule is O=C(NCC1CCCN(Cc2nc3cc(F)ccc3o2)C1)C1CCCN1. The maximum Gasteiger partial charge on any atom is 0.237 e. The Morgan fingerprint density at radius 1 is 1.38 bits per heavy atom. The summed E-state index contributed by atoms with van der Waals surface area (Å²) < 4.78 is 19.0. The average molecular weight is 360 g/mol. The summed E-state index contributed by atoms with van der Waals surface area (Å²) in [5.74, 6) is 0.879. The molecule has 2 aliphatic rings. The molecule has 6 nitrogen and oxygen atoms in total. The summed E-state index contributed by atoms with van der Waals surface area (Å²) in [7, 11) is 0. The number of oxazole rings is 1. The van der Waals surface area contributed by atoms with Crippen LogP contribution in [0.4, 0.5) is 4.39 Å². The van der Waals surface area contributed by atoms with Gasteiger partial charge in [0.1, 0.15) is 11.3 Å². The molecule has 0 bridgehead atoms. The maximum absolute atomic E-state index is 13.3. The molecule has 2 unspecified atom stereocenters. The largest absolute Gasteiger partial charge is 0.439 e. The first-order chi connectivity index (χ1) is 12.7. The number of aromatic nitrogens is 1. The quantitative estimate of drug-likeness (QED) is 0.854. The molecule has 4 rings (SSSR count). The molecule has 2 aliphatic heterocycles. The summed E-state index contributed by atoms with van der Waals surface area (Å²) in [6.45, 7) is 4.16. The molecule has 0 radical (unpaired) electrons. The van der Waals surface area contributed by atoms with E-state index >= 15 is 0 Å². The predicted molar refractivity (Wildman–Crippen MR) is 96.0 cm³/mol. The fourth-order valence-corrected chi connectivity index (χ4v) is 3.95. The van der Waals surface area contributed by atoms with Crippen molar-refractivity contribution in [1.29, 1.82) is 0 Å². The van der Waals surface area contributed by atoms with E-state index in [-0.39, 0.29) is 17.8 Å². The average Bonchev–Trinajstić information content (AvgIpc) is 3.29. The van der Waals surface area contributed by atoms with E-state index in [1.54, 1.807) is 6.07 Å². The van der Waals surface area contributed by atoms with Crippen LogP contribution in [0.5, 0.6) is 0 Å². The zero-order valence-corrected chi connectivity index (χ0v) is 14.8. The number of hydrogen-bond donors (Lipinski definition) is 2. The number of amides is 1. The van der Waals surface area contributed by atoms with Gasteiger partial charge in [0, 0.05) is 19.2 Å². The molecular formula is C19H25FN4O2. The highest BCUT2D eigenvalue weighted by atomic mass is 19.1. The number of rotatable bonds is 5. The molecule has 2 aromatic rings. The van der Waals surface area contributed by atoms with Gasteiger partial charge in [0.15, 0.2) is 5.58 Å². The Morgan fingerprint density at radius 3 is 3.15 bits per heavy atom. The molecule has 0 spiro atoms. The van der Waals surface area contributed by atoms with Gasteiger partial charge in [0.05, 0.1) is 12.6 Å². The molecule has 0 saturated carbocycles. The third-order valence-corrected chi connectivity index (χ3v) is 5.30. The van der Waals surface area contributed by atoms with E-state index in [0.717, 1.165) is 45.3 Å². The lowest BCUT2D eigenvalue weighted by atomic mass is 9.98. The van der Waals surface area contributed by atoms with Crippen LogP contribution in [0.15, 0.2) is 22.6 Å². The number of nitrogens with zero attached hydrogens (tertiary/aromatic N) is 2. The van der Waals surface area contributed by atoms with Gasteiger partial charge < -0.3 is 15.1 Å². The van der Waals surface area contributed by atoms with E-state index in [2.05, 4.69) is 20.5 Å². The number of nitrogens with one attached hydrogen (secondary N) is 2. The van der Waals surface area contributed by atoms with Crippen molar-refractivity contribution in [3.05, 3.63) is 29.9 Å². The summed E-state index contributed by atoms with van der Waals surface area (Å²) in [4.78, 5) is 18.8. The van der Waals surface area contributed by atoms with Crippen LogP contribution in [-0.4, -0.2) is 48.0 Å². The molecule has 26 heavy (non-hydrogen) atoms. The van der Waals surface area contributed by atoms with E-state index in [1.165, 1.54) is 12.1 Å². The summed E-state index contributed by atoms with van der Waals surface area (Å²) in [5, 5.41) is 6.33. The summed E-state index contributed by atoms with van der Waals surface area (Å²) in [5.41, 5.74) is 1.18. The van der Waals surface area contributed by atoms with Crippen LogP contribution in [0.1, 0.15) is 31.6 Å². The standard InChI is InChI=1S/C19H25FN4O2/c20-14-5-6-17-16(9-14)23-18(26-17)12-24-8-2-3-13(11-24)10-22-19(25)15-4-1-7-21-15/h5-6,9,13,15,21H,1-4,7-8,10-12H2,(H,22,25). The summed E-state index contributed by atoms with van der Waals surface area (Å²) in [6.07, 6.45) is 4.22. The Balaban J connectivity index is 1.30.